The molecule has 0 radical (unpaired) electrons. The van der Waals surface area contributed by atoms with Crippen LogP contribution in [-0.4, -0.2) is 61.1 Å². The predicted octanol–water partition coefficient (Wildman–Crippen LogP) is 4.73. The smallest absolute Gasteiger partial charge is 0.328 e. The third-order valence-electron chi connectivity index (χ3n) is 7.24. The zero-order chi connectivity index (χ0) is 23.5. The van der Waals surface area contributed by atoms with E-state index < -0.39 is 6.04 Å². The molecule has 0 saturated carbocycles. The molecule has 0 bridgehead atoms. The number of rotatable bonds is 7. The number of amides is 2. The van der Waals surface area contributed by atoms with Crippen molar-refractivity contribution in [3.8, 4) is 0 Å². The molecule has 2 saturated heterocycles. The van der Waals surface area contributed by atoms with E-state index in [-0.39, 0.29) is 23.3 Å². The van der Waals surface area contributed by atoms with Crippen LogP contribution in [0.25, 0.3) is 0 Å². The molecule has 2 aliphatic rings. The summed E-state index contributed by atoms with van der Waals surface area (Å²) in [6.45, 7) is 12.0. The lowest BCUT2D eigenvalue weighted by Gasteiger charge is -2.61. The lowest BCUT2D eigenvalue weighted by molar-refractivity contribution is -0.144. The van der Waals surface area contributed by atoms with Gasteiger partial charge in [0.1, 0.15) is 6.04 Å². The van der Waals surface area contributed by atoms with Gasteiger partial charge in [-0.05, 0) is 42.4 Å². The number of halogens is 1. The first-order valence-corrected chi connectivity index (χ1v) is 12.2. The summed E-state index contributed by atoms with van der Waals surface area (Å²) < 4.78 is 4.91. The van der Waals surface area contributed by atoms with Crippen molar-refractivity contribution in [2.75, 3.05) is 33.3 Å². The maximum absolute atomic E-state index is 12.9. The molecule has 6 nitrogen and oxygen atoms in total. The van der Waals surface area contributed by atoms with Crippen LogP contribution in [0.2, 0.25) is 5.02 Å². The minimum Gasteiger partial charge on any atom is -0.467 e. The highest BCUT2D eigenvalue weighted by Gasteiger charge is 2.54. The number of hydrogen-bond acceptors (Lipinski definition) is 4. The highest BCUT2D eigenvalue weighted by Crippen LogP contribution is 2.55. The van der Waals surface area contributed by atoms with Gasteiger partial charge >= 0.3 is 12.0 Å². The molecule has 3 rings (SSSR count). The van der Waals surface area contributed by atoms with Crippen molar-refractivity contribution in [1.29, 1.82) is 0 Å². The average molecular weight is 464 g/mol. The van der Waals surface area contributed by atoms with Gasteiger partial charge in [-0.1, -0.05) is 57.8 Å². The van der Waals surface area contributed by atoms with Crippen LogP contribution in [0.4, 0.5) is 4.79 Å². The van der Waals surface area contributed by atoms with Crippen LogP contribution < -0.4 is 5.32 Å². The monoisotopic (exact) mass is 463 g/mol. The van der Waals surface area contributed by atoms with Gasteiger partial charge in [0, 0.05) is 42.7 Å². The second-order valence-corrected chi connectivity index (χ2v) is 10.4. The van der Waals surface area contributed by atoms with Gasteiger partial charge < -0.3 is 15.0 Å². The number of nitrogens with zero attached hydrogens (tertiary/aromatic N) is 2. The molecule has 3 atom stereocenters. The van der Waals surface area contributed by atoms with Crippen LogP contribution in [0.5, 0.6) is 0 Å². The van der Waals surface area contributed by atoms with Crippen LogP contribution in [0.3, 0.4) is 0 Å². The fourth-order valence-corrected chi connectivity index (χ4v) is 5.44. The third-order valence-corrected chi connectivity index (χ3v) is 7.49. The molecule has 2 amide bonds. The Labute approximate surface area is 197 Å². The summed E-state index contributed by atoms with van der Waals surface area (Å²) in [7, 11) is 1.37. The molecule has 2 heterocycles. The van der Waals surface area contributed by atoms with Crippen molar-refractivity contribution in [1.82, 2.24) is 15.1 Å². The number of likely N-dealkylation sites (tertiary alicyclic amines) is 2. The summed E-state index contributed by atoms with van der Waals surface area (Å²) in [5, 5.41) is 3.68. The minimum absolute atomic E-state index is 0.0213. The van der Waals surface area contributed by atoms with Gasteiger partial charge in [0.05, 0.1) is 7.11 Å². The first kappa shape index (κ1) is 24.8. The van der Waals surface area contributed by atoms with Crippen molar-refractivity contribution < 1.29 is 14.3 Å². The van der Waals surface area contributed by atoms with E-state index in [1.54, 1.807) is 0 Å². The number of esters is 1. The normalized spacial score (nSPS) is 22.3. The Morgan fingerprint density at radius 2 is 1.81 bits per heavy atom. The Morgan fingerprint density at radius 1 is 1.19 bits per heavy atom. The van der Waals surface area contributed by atoms with Crippen molar-refractivity contribution in [3.05, 3.63) is 34.9 Å². The van der Waals surface area contributed by atoms with Gasteiger partial charge in [-0.15, -0.1) is 0 Å². The van der Waals surface area contributed by atoms with E-state index in [1.807, 2.05) is 30.9 Å². The van der Waals surface area contributed by atoms with E-state index in [0.29, 0.717) is 25.0 Å². The van der Waals surface area contributed by atoms with Crippen molar-refractivity contribution in [3.63, 3.8) is 0 Å². The number of nitrogens with one attached hydrogen (secondary N) is 1. The highest BCUT2D eigenvalue weighted by molar-refractivity contribution is 6.30. The first-order valence-electron chi connectivity index (χ1n) is 11.8. The summed E-state index contributed by atoms with van der Waals surface area (Å²) in [5.41, 5.74) is 1.49. The number of carbonyl (C=O) groups is 2. The van der Waals surface area contributed by atoms with E-state index in [0.717, 1.165) is 37.4 Å². The number of methoxy groups -OCH3 is 1. The van der Waals surface area contributed by atoms with E-state index in [1.165, 1.54) is 12.7 Å². The van der Waals surface area contributed by atoms with Gasteiger partial charge in [0.25, 0.3) is 0 Å². The standard InChI is InChI=1S/C25H38ClN3O3/c1-6-18(4)21(23(30)32-5)27-24(31)28-13-11-25(12-14-28)16-29(15-17(2)3)22(25)19-7-9-20(26)10-8-19/h7-10,17-18,21-22H,6,11-16H2,1-5H3,(H,27,31)/t18-,21-,22?/m0/s1. The summed E-state index contributed by atoms with van der Waals surface area (Å²) in [5.74, 6) is 0.240. The van der Waals surface area contributed by atoms with Crippen molar-refractivity contribution >= 4 is 23.6 Å². The van der Waals surface area contributed by atoms with Gasteiger partial charge in [0.15, 0.2) is 0 Å². The predicted molar refractivity (Wildman–Crippen MR) is 128 cm³/mol. The molecular weight excluding hydrogens is 426 g/mol. The number of benzene rings is 1. The Balaban J connectivity index is 1.67. The van der Waals surface area contributed by atoms with E-state index in [9.17, 15) is 9.59 Å². The van der Waals surface area contributed by atoms with Crippen LogP contribution >= 0.6 is 11.6 Å². The largest absolute Gasteiger partial charge is 0.467 e. The number of hydrogen-bond donors (Lipinski definition) is 1. The number of piperidine rings is 1. The van der Waals surface area contributed by atoms with Crippen LogP contribution in [0.15, 0.2) is 24.3 Å². The summed E-state index contributed by atoms with van der Waals surface area (Å²) >= 11 is 6.14. The quantitative estimate of drug-likeness (QED) is 0.593. The molecule has 1 aromatic rings. The van der Waals surface area contributed by atoms with Crippen molar-refractivity contribution in [2.45, 2.75) is 59.0 Å². The number of urea groups is 1. The SMILES string of the molecule is CC[C@H](C)[C@H](NC(=O)N1CCC2(CC1)CN(CC(C)C)C2c1ccc(Cl)cc1)C(=O)OC. The fraction of sp³-hybridized carbons (Fsp3) is 0.680. The van der Waals surface area contributed by atoms with Crippen LogP contribution in [-0.2, 0) is 9.53 Å². The summed E-state index contributed by atoms with van der Waals surface area (Å²) in [6, 6.07) is 7.82. The molecule has 2 aliphatic heterocycles. The second-order valence-electron chi connectivity index (χ2n) is 9.96. The molecule has 7 heteroatoms. The average Bonchev–Trinajstić information content (AvgIpc) is 2.77. The number of carbonyl (C=O) groups excluding carboxylic acids is 2. The second kappa shape index (κ2) is 10.4. The zero-order valence-electron chi connectivity index (χ0n) is 20.1. The molecule has 178 valence electrons. The molecule has 0 aliphatic carbocycles. The molecule has 32 heavy (non-hydrogen) atoms. The van der Waals surface area contributed by atoms with Crippen LogP contribution in [0.1, 0.15) is 58.6 Å². The van der Waals surface area contributed by atoms with Gasteiger partial charge in [-0.3, -0.25) is 4.90 Å². The summed E-state index contributed by atoms with van der Waals surface area (Å²) in [4.78, 5) is 29.5. The maximum atomic E-state index is 12.9. The molecule has 1 N–H and O–H groups in total. The van der Waals surface area contributed by atoms with E-state index >= 15 is 0 Å². The molecule has 1 aromatic carbocycles. The third kappa shape index (κ3) is 5.23. The topological polar surface area (TPSA) is 61.9 Å². The molecule has 1 unspecified atom stereocenters. The lowest BCUT2D eigenvalue weighted by atomic mass is 9.63. The van der Waals surface area contributed by atoms with Crippen LogP contribution in [0, 0.1) is 17.3 Å². The van der Waals surface area contributed by atoms with Gasteiger partial charge in [0.2, 0.25) is 0 Å². The Hall–Kier alpha value is -1.79. The van der Waals surface area contributed by atoms with E-state index in [4.69, 9.17) is 16.3 Å². The first-order chi connectivity index (χ1) is 15.2. The zero-order valence-corrected chi connectivity index (χ0v) is 20.8. The number of ether oxygens (including phenoxy) is 1. The Bertz CT molecular complexity index is 790. The molecule has 0 aromatic heterocycles. The van der Waals surface area contributed by atoms with Gasteiger partial charge in [-0.25, -0.2) is 9.59 Å². The van der Waals surface area contributed by atoms with Gasteiger partial charge in [-0.2, -0.15) is 0 Å². The Kier molecular flexibility index (Phi) is 8.10. The van der Waals surface area contributed by atoms with E-state index in [2.05, 4.69) is 36.2 Å². The lowest BCUT2D eigenvalue weighted by Crippen LogP contribution is -2.63. The fourth-order valence-electron chi connectivity index (χ4n) is 5.31. The molecular formula is C25H38ClN3O3. The molecule has 1 spiro atoms. The summed E-state index contributed by atoms with van der Waals surface area (Å²) in [6.07, 6.45) is 2.70. The van der Waals surface area contributed by atoms with Crippen molar-refractivity contribution in [2.24, 2.45) is 17.3 Å². The Morgan fingerprint density at radius 3 is 2.34 bits per heavy atom. The highest BCUT2D eigenvalue weighted by atomic mass is 35.5. The molecule has 2 fully saturated rings. The maximum Gasteiger partial charge on any atom is 0.328 e. The minimum atomic E-state index is -0.611.